The van der Waals surface area contributed by atoms with Gasteiger partial charge in [0.15, 0.2) is 0 Å². The number of nitrogens with one attached hydrogen (secondary N) is 1. The van der Waals surface area contributed by atoms with Crippen molar-refractivity contribution in [2.24, 2.45) is 0 Å². The molecule has 1 aromatic rings. The number of thioether (sulfide) groups is 1. The zero-order valence-corrected chi connectivity index (χ0v) is 8.62. The molecule has 0 bridgehead atoms. The highest BCUT2D eigenvalue weighted by Gasteiger charge is 2.23. The van der Waals surface area contributed by atoms with Gasteiger partial charge in [-0.05, 0) is 29.5 Å². The molecular formula is C7H11N5OS. The minimum Gasteiger partial charge on any atom is -0.352 e. The molecule has 1 N–H and O–H groups in total. The lowest BCUT2D eigenvalue weighted by Gasteiger charge is -2.03. The van der Waals surface area contributed by atoms with Gasteiger partial charge in [0.05, 0.1) is 0 Å². The zero-order chi connectivity index (χ0) is 9.97. The molecule has 1 aromatic heterocycles. The average Bonchev–Trinajstić information content (AvgIpc) is 2.84. The van der Waals surface area contributed by atoms with E-state index < -0.39 is 0 Å². The van der Waals surface area contributed by atoms with E-state index in [-0.39, 0.29) is 12.5 Å². The summed E-state index contributed by atoms with van der Waals surface area (Å²) in [5.41, 5.74) is 0. The maximum absolute atomic E-state index is 11.4. The van der Waals surface area contributed by atoms with Gasteiger partial charge in [0.2, 0.25) is 11.1 Å². The Morgan fingerprint density at radius 2 is 2.50 bits per heavy atom. The van der Waals surface area contributed by atoms with Gasteiger partial charge in [0.1, 0.15) is 6.54 Å². The van der Waals surface area contributed by atoms with Crippen molar-refractivity contribution in [3.05, 3.63) is 0 Å². The van der Waals surface area contributed by atoms with Crippen molar-refractivity contribution in [1.82, 2.24) is 25.5 Å². The van der Waals surface area contributed by atoms with E-state index >= 15 is 0 Å². The molecular weight excluding hydrogens is 202 g/mol. The van der Waals surface area contributed by atoms with Crippen LogP contribution in [0.3, 0.4) is 0 Å². The molecule has 1 fully saturated rings. The normalized spacial score (nSPS) is 15.5. The number of hydrogen-bond acceptors (Lipinski definition) is 5. The third kappa shape index (κ3) is 2.22. The first-order valence-electron chi connectivity index (χ1n) is 4.39. The number of rotatable bonds is 4. The van der Waals surface area contributed by atoms with E-state index in [4.69, 9.17) is 0 Å². The van der Waals surface area contributed by atoms with Gasteiger partial charge < -0.3 is 5.32 Å². The number of nitrogens with zero attached hydrogens (tertiary/aromatic N) is 4. The Kier molecular flexibility index (Phi) is 2.67. The van der Waals surface area contributed by atoms with Crippen molar-refractivity contribution < 1.29 is 4.79 Å². The molecule has 14 heavy (non-hydrogen) atoms. The number of amides is 1. The van der Waals surface area contributed by atoms with Crippen LogP contribution in [0.1, 0.15) is 12.8 Å². The molecule has 76 valence electrons. The van der Waals surface area contributed by atoms with Crippen LogP contribution in [0.25, 0.3) is 0 Å². The maximum Gasteiger partial charge on any atom is 0.242 e. The Labute approximate surface area is 85.4 Å². The van der Waals surface area contributed by atoms with E-state index in [9.17, 15) is 4.79 Å². The van der Waals surface area contributed by atoms with Gasteiger partial charge in [-0.25, -0.2) is 4.68 Å². The molecule has 7 heteroatoms. The smallest absolute Gasteiger partial charge is 0.242 e. The van der Waals surface area contributed by atoms with Crippen LogP contribution in [0.15, 0.2) is 5.16 Å². The molecule has 2 rings (SSSR count). The highest BCUT2D eigenvalue weighted by Crippen LogP contribution is 2.18. The van der Waals surface area contributed by atoms with Crippen molar-refractivity contribution in [2.75, 3.05) is 6.26 Å². The van der Waals surface area contributed by atoms with Gasteiger partial charge >= 0.3 is 0 Å². The Morgan fingerprint density at radius 3 is 3.14 bits per heavy atom. The zero-order valence-electron chi connectivity index (χ0n) is 7.80. The predicted molar refractivity (Wildman–Crippen MR) is 50.8 cm³/mol. The lowest BCUT2D eigenvalue weighted by Crippen LogP contribution is -2.29. The largest absolute Gasteiger partial charge is 0.352 e. The first kappa shape index (κ1) is 9.45. The number of carbonyl (C=O) groups is 1. The van der Waals surface area contributed by atoms with E-state index in [0.29, 0.717) is 11.2 Å². The van der Waals surface area contributed by atoms with Crippen LogP contribution in [0.2, 0.25) is 0 Å². The minimum atomic E-state index is -0.0184. The Hall–Kier alpha value is -1.11. The number of tetrazole rings is 1. The van der Waals surface area contributed by atoms with Crippen molar-refractivity contribution in [2.45, 2.75) is 30.6 Å². The molecule has 1 amide bonds. The second kappa shape index (κ2) is 3.95. The van der Waals surface area contributed by atoms with Crippen LogP contribution in [-0.4, -0.2) is 38.4 Å². The predicted octanol–water partition coefficient (Wildman–Crippen LogP) is -0.326. The van der Waals surface area contributed by atoms with Gasteiger partial charge in [-0.2, -0.15) is 0 Å². The van der Waals surface area contributed by atoms with Crippen LogP contribution in [0, 0.1) is 0 Å². The van der Waals surface area contributed by atoms with Crippen LogP contribution in [0.5, 0.6) is 0 Å². The second-order valence-electron chi connectivity index (χ2n) is 3.17. The maximum atomic E-state index is 11.4. The number of carbonyl (C=O) groups excluding carboxylic acids is 1. The molecule has 6 nitrogen and oxygen atoms in total. The Bertz CT molecular complexity index is 335. The SMILES string of the molecule is CSc1nnnn1CC(=O)NC1CC1. The summed E-state index contributed by atoms with van der Waals surface area (Å²) < 4.78 is 1.50. The van der Waals surface area contributed by atoms with Gasteiger partial charge in [-0.3, -0.25) is 4.79 Å². The van der Waals surface area contributed by atoms with Crippen molar-refractivity contribution in [1.29, 1.82) is 0 Å². The molecule has 1 heterocycles. The molecule has 0 spiro atoms. The fraction of sp³-hybridized carbons (Fsp3) is 0.714. The molecule has 1 aliphatic rings. The fourth-order valence-corrected chi connectivity index (χ4v) is 1.51. The third-order valence-corrected chi connectivity index (χ3v) is 2.57. The van der Waals surface area contributed by atoms with Crippen LogP contribution < -0.4 is 5.32 Å². The standard InChI is InChI=1S/C7H11N5OS/c1-14-7-9-10-11-12(7)4-6(13)8-5-2-3-5/h5H,2-4H2,1H3,(H,8,13). The van der Waals surface area contributed by atoms with E-state index in [2.05, 4.69) is 20.8 Å². The van der Waals surface area contributed by atoms with Crippen LogP contribution in [-0.2, 0) is 11.3 Å². The molecule has 1 saturated carbocycles. The summed E-state index contributed by atoms with van der Waals surface area (Å²) in [6.07, 6.45) is 4.06. The molecule has 0 aliphatic heterocycles. The van der Waals surface area contributed by atoms with Gasteiger partial charge in [-0.1, -0.05) is 11.8 Å². The molecule has 0 radical (unpaired) electrons. The Balaban J connectivity index is 1.91. The summed E-state index contributed by atoms with van der Waals surface area (Å²) in [4.78, 5) is 11.4. The molecule has 0 saturated heterocycles. The van der Waals surface area contributed by atoms with Crippen molar-refractivity contribution in [3.63, 3.8) is 0 Å². The van der Waals surface area contributed by atoms with E-state index in [1.807, 2.05) is 6.26 Å². The van der Waals surface area contributed by atoms with Gasteiger partial charge in [-0.15, -0.1) is 5.10 Å². The fourth-order valence-electron chi connectivity index (χ4n) is 1.08. The monoisotopic (exact) mass is 213 g/mol. The third-order valence-electron chi connectivity index (χ3n) is 1.92. The quantitative estimate of drug-likeness (QED) is 0.693. The number of hydrogen-bond donors (Lipinski definition) is 1. The van der Waals surface area contributed by atoms with E-state index in [0.717, 1.165) is 12.8 Å². The van der Waals surface area contributed by atoms with Crippen molar-refractivity contribution in [3.8, 4) is 0 Å². The van der Waals surface area contributed by atoms with Gasteiger partial charge in [0, 0.05) is 6.04 Å². The topological polar surface area (TPSA) is 72.7 Å². The molecule has 0 unspecified atom stereocenters. The second-order valence-corrected chi connectivity index (χ2v) is 3.94. The lowest BCUT2D eigenvalue weighted by atomic mass is 10.5. The molecule has 0 aromatic carbocycles. The summed E-state index contributed by atoms with van der Waals surface area (Å²) in [5, 5.41) is 14.5. The lowest BCUT2D eigenvalue weighted by molar-refractivity contribution is -0.122. The average molecular weight is 213 g/mol. The minimum absolute atomic E-state index is 0.0184. The van der Waals surface area contributed by atoms with Crippen molar-refractivity contribution >= 4 is 17.7 Å². The summed E-state index contributed by atoms with van der Waals surface area (Å²) in [6, 6.07) is 0.386. The highest BCUT2D eigenvalue weighted by atomic mass is 32.2. The van der Waals surface area contributed by atoms with Crippen LogP contribution >= 0.6 is 11.8 Å². The van der Waals surface area contributed by atoms with E-state index in [1.165, 1.54) is 16.4 Å². The summed E-state index contributed by atoms with van der Waals surface area (Å²) >= 11 is 1.43. The first-order valence-corrected chi connectivity index (χ1v) is 5.61. The number of aromatic nitrogens is 4. The highest BCUT2D eigenvalue weighted by molar-refractivity contribution is 7.98. The van der Waals surface area contributed by atoms with E-state index in [1.54, 1.807) is 0 Å². The molecule has 0 atom stereocenters. The van der Waals surface area contributed by atoms with Crippen LogP contribution in [0.4, 0.5) is 0 Å². The summed E-state index contributed by atoms with van der Waals surface area (Å²) in [7, 11) is 0. The Morgan fingerprint density at radius 1 is 1.71 bits per heavy atom. The molecule has 1 aliphatic carbocycles. The summed E-state index contributed by atoms with van der Waals surface area (Å²) in [6.45, 7) is 0.208. The first-order chi connectivity index (χ1) is 6.79. The van der Waals surface area contributed by atoms with Gasteiger partial charge in [0.25, 0.3) is 0 Å². The summed E-state index contributed by atoms with van der Waals surface area (Å²) in [5.74, 6) is -0.0184.